The van der Waals surface area contributed by atoms with Crippen molar-refractivity contribution in [1.29, 1.82) is 0 Å². The molecule has 20 N–H and O–H groups in total. The van der Waals surface area contributed by atoms with Gasteiger partial charge < -0.3 is 117 Å². The van der Waals surface area contributed by atoms with Crippen LogP contribution in [0.4, 0.5) is 23.3 Å². The quantitative estimate of drug-likeness (QED) is 0.0129. The molecule has 666 valence electrons. The predicted octanol–water partition coefficient (Wildman–Crippen LogP) is 11.7. The van der Waals surface area contributed by atoms with Crippen molar-refractivity contribution >= 4 is 148 Å². The standard InChI is InChI=1S/C25H25N3O4.C23H21N3O4.C18H17BrN2O4.C10H12O3.C8H7BrN2O2.C7H10BNO2.CH4.ClH.Li.H2O/c1-2-30-23(29)13-19-7-3-4-9-22(19)31-15-17-11-20(18-8-5-6-16(10-18)14-26)24-21(12-17)25(27)28-32-24;24-12-14-4-3-6-16(8-14)18-9-15(10-19-22(18)30-26-23(19)25)13-29-20-7-2-1-5-17(20)11-21(27)28;1-2-23-16(22)9-12-5-3-4-6-15(12)24-10-11-7-13-17(14(19)8-11)25-21-18(13)20;1-2-13-10(12)7-8-5-3-4-6-9(8)11;9-6-2-4(3-12)1-5-7(6)13-11-8(5)10;9-5-6-2-1-3-7(4-6)8(10)11;;;;/h3-12H,2,13-15,26H2,1H3,(H2,27,28);1-10H,11-13,24H2,(H2,25,26)(H,27,28);3-8H,2,9-10H2,1H3,(H2,20,21);3-6,11H,2,7H2,1H3;1-2,12H,3H2,(H2,10,11);1-4,10-11H,5,9H2;1H4;1H;;1H2/q;;;;;;;;+1;/p-1. The number of aromatic hydroxyl groups is 1. The van der Waals surface area contributed by atoms with Gasteiger partial charge in [-0.1, -0.05) is 162 Å². The number of aliphatic carboxylic acids is 1. The van der Waals surface area contributed by atoms with E-state index in [9.17, 15) is 24.3 Å². The number of carboxylic acids is 1. The summed E-state index contributed by atoms with van der Waals surface area (Å²) < 4.78 is 55.4. The Balaban J connectivity index is 0.000000246. The Kier molecular flexibility index (Phi) is 42.0. The van der Waals surface area contributed by atoms with E-state index in [1.807, 2.05) is 146 Å². The number of nitrogens with two attached hydrogens (primary N) is 7. The Morgan fingerprint density at radius 3 is 1.09 bits per heavy atom. The summed E-state index contributed by atoms with van der Waals surface area (Å²) in [6, 6.07) is 66.4. The van der Waals surface area contributed by atoms with Crippen LogP contribution in [0.15, 0.2) is 245 Å². The van der Waals surface area contributed by atoms with Crippen LogP contribution in [0.1, 0.15) is 89.4 Å². The van der Waals surface area contributed by atoms with Crippen LogP contribution < -0.4 is 78.7 Å². The van der Waals surface area contributed by atoms with Gasteiger partial charge in [-0.2, -0.15) is 0 Å². The molecule has 31 nitrogen and oxygen atoms in total. The van der Waals surface area contributed by atoms with Crippen molar-refractivity contribution in [3.8, 4) is 45.3 Å². The van der Waals surface area contributed by atoms with E-state index in [1.54, 1.807) is 93.6 Å². The second-order valence-electron chi connectivity index (χ2n) is 27.3. The molecule has 0 aliphatic heterocycles. The van der Waals surface area contributed by atoms with Gasteiger partial charge in [0.15, 0.2) is 45.6 Å². The fraction of sp³-hybridized carbons (Fsp3) is 0.196. The molecule has 0 aliphatic carbocycles. The zero-order valence-electron chi connectivity index (χ0n) is 69.7. The molecule has 4 heterocycles. The van der Waals surface area contributed by atoms with Crippen molar-refractivity contribution in [3.63, 3.8) is 0 Å². The van der Waals surface area contributed by atoms with Crippen molar-refractivity contribution < 1.29 is 115 Å². The number of anilines is 4. The number of phenolic OH excluding ortho intramolecular Hbond substituents is 1. The van der Waals surface area contributed by atoms with E-state index in [-0.39, 0.29) is 113 Å². The first kappa shape index (κ1) is 104. The Hall–Kier alpha value is -12.8. The Morgan fingerprint density at radius 1 is 0.406 bits per heavy atom. The summed E-state index contributed by atoms with van der Waals surface area (Å²) in [6.45, 7) is 8.48. The largest absolute Gasteiger partial charge is 1.00 e. The Bertz CT molecular complexity index is 6160. The second kappa shape index (κ2) is 51.7. The second-order valence-corrected chi connectivity index (χ2v) is 29.1. The molecule has 0 saturated carbocycles. The van der Waals surface area contributed by atoms with Gasteiger partial charge in [0.25, 0.3) is 0 Å². The topological polar surface area (TPSA) is 541 Å². The van der Waals surface area contributed by atoms with Crippen LogP contribution in [0.3, 0.4) is 0 Å². The summed E-state index contributed by atoms with van der Waals surface area (Å²) in [5, 5.41) is 63.0. The number of phenols is 1. The monoisotopic (exact) mass is 1890 g/mol. The number of esters is 3. The summed E-state index contributed by atoms with van der Waals surface area (Å²) in [4.78, 5) is 45.8. The molecule has 15 aromatic rings. The van der Waals surface area contributed by atoms with Crippen molar-refractivity contribution in [2.24, 2.45) is 17.2 Å². The molecular formula is C92H98BBr2ClLiN11O20. The molecule has 36 heteroatoms. The van der Waals surface area contributed by atoms with Gasteiger partial charge in [-0.25, -0.2) is 0 Å². The fourth-order valence-corrected chi connectivity index (χ4v) is 13.7. The van der Waals surface area contributed by atoms with E-state index in [4.69, 9.17) is 107 Å². The van der Waals surface area contributed by atoms with Crippen molar-refractivity contribution in [3.05, 3.63) is 289 Å². The maximum Gasteiger partial charge on any atom is 1.00 e. The number of aliphatic hydroxyl groups excluding tert-OH is 1. The molecule has 0 unspecified atom stereocenters. The van der Waals surface area contributed by atoms with E-state index in [0.717, 1.165) is 97.4 Å². The number of halogens is 3. The van der Waals surface area contributed by atoms with Crippen molar-refractivity contribution in [1.82, 2.24) is 20.6 Å². The van der Waals surface area contributed by atoms with Crippen LogP contribution in [0.25, 0.3) is 66.1 Å². The smallest absolute Gasteiger partial charge is 0.870 e. The number of aromatic nitrogens is 4. The van der Waals surface area contributed by atoms with E-state index >= 15 is 0 Å². The number of rotatable bonds is 27. The minimum Gasteiger partial charge on any atom is -0.870 e. The van der Waals surface area contributed by atoms with Gasteiger partial charge >= 0.3 is 49.9 Å². The molecule has 0 amide bonds. The molecule has 0 aliphatic rings. The number of ether oxygens (including phenoxy) is 6. The first-order valence-electron chi connectivity index (χ1n) is 38.9. The van der Waals surface area contributed by atoms with Gasteiger partial charge in [0.2, 0.25) is 0 Å². The fourth-order valence-electron chi connectivity index (χ4n) is 12.6. The van der Waals surface area contributed by atoms with Gasteiger partial charge in [-0.15, -0.1) is 12.4 Å². The first-order chi connectivity index (χ1) is 59.9. The minimum atomic E-state index is -1.40. The van der Waals surface area contributed by atoms with Crippen LogP contribution in [-0.4, -0.2) is 102 Å². The van der Waals surface area contributed by atoms with Crippen molar-refractivity contribution in [2.45, 2.75) is 99.9 Å². The molecule has 0 radical (unpaired) electrons. The average molecular weight is 1890 g/mol. The Morgan fingerprint density at radius 2 is 0.727 bits per heavy atom. The van der Waals surface area contributed by atoms with Gasteiger partial charge in [-0.05, 0) is 193 Å². The number of carbonyl (C=O) groups is 4. The number of carbonyl (C=O) groups excluding carboxylic acids is 3. The van der Waals surface area contributed by atoms with Gasteiger partial charge in [0.05, 0.1) is 82.6 Å². The number of fused-ring (bicyclic) bond motifs is 4. The molecule has 0 atom stereocenters. The third-order valence-electron chi connectivity index (χ3n) is 18.5. The maximum atomic E-state index is 11.9. The zero-order valence-corrected chi connectivity index (χ0v) is 73.6. The predicted molar refractivity (Wildman–Crippen MR) is 495 cm³/mol. The minimum absolute atomic E-state index is 0. The number of para-hydroxylation sites is 4. The summed E-state index contributed by atoms with van der Waals surface area (Å²) in [7, 11) is -1.40. The summed E-state index contributed by atoms with van der Waals surface area (Å²) in [5.41, 5.74) is 56.0. The normalized spacial score (nSPS) is 10.3. The molecule has 128 heavy (non-hydrogen) atoms. The zero-order chi connectivity index (χ0) is 88.8. The van der Waals surface area contributed by atoms with Crippen LogP contribution >= 0.6 is 44.3 Å². The van der Waals surface area contributed by atoms with Crippen molar-refractivity contribution in [2.75, 3.05) is 42.8 Å². The van der Waals surface area contributed by atoms with Gasteiger partial charge in [0, 0.05) is 53.0 Å². The number of carboxylic acid groups (broad SMARTS) is 1. The first-order valence-corrected chi connectivity index (χ1v) is 40.4. The number of nitrogen functional groups attached to an aromatic ring is 4. The molecular weight excluding hydrogens is 1790 g/mol. The third-order valence-corrected chi connectivity index (χ3v) is 19.7. The molecule has 0 spiro atoms. The van der Waals surface area contributed by atoms with Gasteiger partial charge in [0.1, 0.15) is 42.8 Å². The average Bonchev–Trinajstić information content (AvgIpc) is 1.62. The van der Waals surface area contributed by atoms with E-state index in [1.165, 1.54) is 0 Å². The summed E-state index contributed by atoms with van der Waals surface area (Å²) in [5.74, 6) is 1.44. The Labute approximate surface area is 772 Å². The molecule has 0 saturated heterocycles. The molecule has 4 aromatic heterocycles. The van der Waals surface area contributed by atoms with E-state index < -0.39 is 13.1 Å². The SMILES string of the molecule is C.CCOC(=O)Cc1ccccc1O.CCOC(=O)Cc1ccccc1OCc1cc(-c2cccc(CN)c2)c2onc(N)c2c1.CCOC(=O)Cc1ccccc1OCc1cc(Br)c2onc(N)c2c1.Cl.NCc1cccc(-c2cc(COc3ccccc3CC(=O)O)cc3c(N)noc23)c1.NCc1cccc(B(O)O)c1.Nc1noc2c(Br)cc(CO)cc12.[Li+].[OH-]. The van der Waals surface area contributed by atoms with Crippen LogP contribution in [0.2, 0.25) is 0 Å². The van der Waals surface area contributed by atoms with E-state index in [0.29, 0.717) is 131 Å². The number of aliphatic hydroxyl groups is 1. The number of hydrogen-bond acceptors (Lipinski definition) is 30. The van der Waals surface area contributed by atoms with Crippen LogP contribution in [0, 0.1) is 0 Å². The van der Waals surface area contributed by atoms with Crippen LogP contribution in [0.5, 0.6) is 23.0 Å². The molecule has 0 fully saturated rings. The number of hydrogen-bond donors (Lipinski definition) is 12. The number of benzene rings is 11. The molecule has 15 rings (SSSR count). The molecule has 11 aromatic carbocycles. The van der Waals surface area contributed by atoms with E-state index in [2.05, 4.69) is 52.5 Å². The van der Waals surface area contributed by atoms with Gasteiger partial charge in [-0.3, -0.25) is 19.2 Å². The summed E-state index contributed by atoms with van der Waals surface area (Å²) in [6.07, 6.45) is 0.343. The number of nitrogens with zero attached hydrogens (tertiary/aromatic N) is 4. The molecule has 0 bridgehead atoms. The maximum absolute atomic E-state index is 11.9. The third kappa shape index (κ3) is 29.1. The van der Waals surface area contributed by atoms with Crippen LogP contribution in [-0.2, 0) is 105 Å². The summed E-state index contributed by atoms with van der Waals surface area (Å²) >= 11 is 6.75.